The Morgan fingerprint density at radius 2 is 1.57 bits per heavy atom. The molecule has 0 fully saturated rings. The van der Waals surface area contributed by atoms with E-state index in [1.54, 1.807) is 6.92 Å². The molecule has 2 atom stereocenters. The van der Waals surface area contributed by atoms with Gasteiger partial charge in [-0.1, -0.05) is 61.5 Å². The van der Waals surface area contributed by atoms with Crippen LogP contribution >= 0.6 is 0 Å². The summed E-state index contributed by atoms with van der Waals surface area (Å²) in [6.07, 6.45) is 0.126. The summed E-state index contributed by atoms with van der Waals surface area (Å²) in [7, 11) is 0. The van der Waals surface area contributed by atoms with Crippen molar-refractivity contribution in [1.29, 1.82) is 0 Å². The molecule has 0 heterocycles. The molecule has 0 radical (unpaired) electrons. The van der Waals surface area contributed by atoms with Gasteiger partial charge in [-0.2, -0.15) is 0 Å². The Bertz CT molecular complexity index is 575. The molecule has 3 heteroatoms. The highest BCUT2D eigenvalue weighted by Crippen LogP contribution is 2.20. The summed E-state index contributed by atoms with van der Waals surface area (Å²) in [6, 6.07) is 18.1. The second-order valence-electron chi connectivity index (χ2n) is 5.40. The van der Waals surface area contributed by atoms with Crippen molar-refractivity contribution in [3.8, 4) is 11.1 Å². The maximum atomic E-state index is 10.8. The van der Waals surface area contributed by atoms with E-state index in [1.165, 1.54) is 0 Å². The molecule has 110 valence electrons. The largest absolute Gasteiger partial charge is 0.481 e. The third-order valence-electron chi connectivity index (χ3n) is 3.58. The minimum Gasteiger partial charge on any atom is -0.481 e. The number of aliphatic hydroxyl groups excluding tert-OH is 1. The van der Waals surface area contributed by atoms with Crippen LogP contribution in [0.15, 0.2) is 54.6 Å². The summed E-state index contributed by atoms with van der Waals surface area (Å²) < 4.78 is 0. The predicted octanol–water partition coefficient (Wildman–Crippen LogP) is 3.37. The van der Waals surface area contributed by atoms with E-state index in [-0.39, 0.29) is 6.42 Å². The van der Waals surface area contributed by atoms with Crippen LogP contribution in [0.1, 0.15) is 18.9 Å². The van der Waals surface area contributed by atoms with Gasteiger partial charge in [-0.25, -0.2) is 0 Å². The highest BCUT2D eigenvalue weighted by Gasteiger charge is 2.16. The molecule has 2 rings (SSSR count). The number of hydrogen-bond acceptors (Lipinski definition) is 2. The van der Waals surface area contributed by atoms with Gasteiger partial charge in [-0.3, -0.25) is 4.79 Å². The number of carbonyl (C=O) groups is 1. The maximum absolute atomic E-state index is 10.8. The second kappa shape index (κ2) is 7.04. The van der Waals surface area contributed by atoms with E-state index in [2.05, 4.69) is 12.1 Å². The SMILES string of the molecule is C[C@H](CC(O)Cc1ccc(-c2ccccc2)cc1)C(=O)O. The Kier molecular flexibility index (Phi) is 5.12. The van der Waals surface area contributed by atoms with Crippen molar-refractivity contribution in [2.45, 2.75) is 25.9 Å². The monoisotopic (exact) mass is 284 g/mol. The van der Waals surface area contributed by atoms with Crippen LogP contribution in [0.5, 0.6) is 0 Å². The number of hydrogen-bond donors (Lipinski definition) is 2. The van der Waals surface area contributed by atoms with Crippen molar-refractivity contribution in [3.05, 3.63) is 60.2 Å². The van der Waals surface area contributed by atoms with Gasteiger partial charge in [0.1, 0.15) is 0 Å². The Hall–Kier alpha value is -2.13. The minimum atomic E-state index is -0.867. The average molecular weight is 284 g/mol. The van der Waals surface area contributed by atoms with Gasteiger partial charge >= 0.3 is 5.97 Å². The average Bonchev–Trinajstić information content (AvgIpc) is 2.48. The minimum absolute atomic E-state index is 0.274. The zero-order chi connectivity index (χ0) is 15.2. The van der Waals surface area contributed by atoms with Crippen molar-refractivity contribution in [1.82, 2.24) is 0 Å². The molecular weight excluding hydrogens is 264 g/mol. The molecule has 2 aromatic carbocycles. The number of aliphatic hydroxyl groups is 1. The number of carboxylic acids is 1. The maximum Gasteiger partial charge on any atom is 0.306 e. The normalized spacial score (nSPS) is 13.6. The van der Waals surface area contributed by atoms with Crippen LogP contribution in [-0.2, 0) is 11.2 Å². The molecule has 0 aliphatic carbocycles. The zero-order valence-electron chi connectivity index (χ0n) is 12.1. The lowest BCUT2D eigenvalue weighted by atomic mass is 9.97. The number of aliphatic carboxylic acids is 1. The number of benzene rings is 2. The smallest absolute Gasteiger partial charge is 0.306 e. The summed E-state index contributed by atoms with van der Waals surface area (Å²) >= 11 is 0. The quantitative estimate of drug-likeness (QED) is 0.855. The van der Waals surface area contributed by atoms with Crippen LogP contribution in [-0.4, -0.2) is 22.3 Å². The molecule has 1 unspecified atom stereocenters. The van der Waals surface area contributed by atoms with Crippen molar-refractivity contribution in [2.24, 2.45) is 5.92 Å². The number of carboxylic acid groups (broad SMARTS) is 1. The van der Waals surface area contributed by atoms with Crippen LogP contribution in [0, 0.1) is 5.92 Å². The first-order valence-electron chi connectivity index (χ1n) is 7.11. The van der Waals surface area contributed by atoms with E-state index in [1.807, 2.05) is 42.5 Å². The molecule has 0 aliphatic heterocycles. The fraction of sp³-hybridized carbons (Fsp3) is 0.278. The second-order valence-corrected chi connectivity index (χ2v) is 5.40. The molecule has 0 amide bonds. The van der Waals surface area contributed by atoms with Crippen LogP contribution in [0.2, 0.25) is 0 Å². The standard InChI is InChI=1S/C18H20O3/c1-13(18(20)21)11-17(19)12-14-7-9-16(10-8-14)15-5-3-2-4-6-15/h2-10,13,17,19H,11-12H2,1H3,(H,20,21)/t13-,17?/m1/s1. The summed E-state index contributed by atoms with van der Waals surface area (Å²) in [5, 5.41) is 18.8. The van der Waals surface area contributed by atoms with Crippen molar-refractivity contribution >= 4 is 5.97 Å². The number of rotatable bonds is 6. The molecule has 2 aromatic rings. The van der Waals surface area contributed by atoms with Gasteiger partial charge in [0.2, 0.25) is 0 Å². The molecular formula is C18H20O3. The Balaban J connectivity index is 1.98. The molecule has 0 aromatic heterocycles. The first kappa shape index (κ1) is 15.3. The zero-order valence-corrected chi connectivity index (χ0v) is 12.1. The molecule has 0 saturated carbocycles. The summed E-state index contributed by atoms with van der Waals surface area (Å²) in [5.41, 5.74) is 3.30. The lowest BCUT2D eigenvalue weighted by Gasteiger charge is -2.13. The van der Waals surface area contributed by atoms with Crippen molar-refractivity contribution in [2.75, 3.05) is 0 Å². The Morgan fingerprint density at radius 1 is 1.00 bits per heavy atom. The highest BCUT2D eigenvalue weighted by atomic mass is 16.4. The first-order chi connectivity index (χ1) is 10.1. The third-order valence-corrected chi connectivity index (χ3v) is 3.58. The van der Waals surface area contributed by atoms with Gasteiger partial charge in [-0.05, 0) is 29.5 Å². The van der Waals surface area contributed by atoms with E-state index in [9.17, 15) is 9.90 Å². The molecule has 0 spiro atoms. The van der Waals surface area contributed by atoms with Gasteiger partial charge in [0.25, 0.3) is 0 Å². The van der Waals surface area contributed by atoms with Gasteiger partial charge in [0.15, 0.2) is 0 Å². The van der Waals surface area contributed by atoms with Crippen molar-refractivity contribution in [3.63, 3.8) is 0 Å². The fourth-order valence-corrected chi connectivity index (χ4v) is 2.33. The molecule has 0 bridgehead atoms. The first-order valence-corrected chi connectivity index (χ1v) is 7.11. The van der Waals surface area contributed by atoms with E-state index in [0.29, 0.717) is 6.42 Å². The van der Waals surface area contributed by atoms with E-state index >= 15 is 0 Å². The summed E-state index contributed by atoms with van der Waals surface area (Å²) in [6.45, 7) is 1.62. The van der Waals surface area contributed by atoms with Crippen molar-refractivity contribution < 1.29 is 15.0 Å². The third kappa shape index (κ3) is 4.43. The van der Waals surface area contributed by atoms with E-state index in [0.717, 1.165) is 16.7 Å². The highest BCUT2D eigenvalue weighted by molar-refractivity contribution is 5.69. The predicted molar refractivity (Wildman–Crippen MR) is 83.0 cm³/mol. The lowest BCUT2D eigenvalue weighted by Crippen LogP contribution is -2.19. The molecule has 3 nitrogen and oxygen atoms in total. The van der Waals surface area contributed by atoms with Crippen LogP contribution < -0.4 is 0 Å². The van der Waals surface area contributed by atoms with Gasteiger partial charge < -0.3 is 10.2 Å². The molecule has 21 heavy (non-hydrogen) atoms. The van der Waals surface area contributed by atoms with E-state index in [4.69, 9.17) is 5.11 Å². The summed E-state index contributed by atoms with van der Waals surface area (Å²) in [4.78, 5) is 10.8. The lowest BCUT2D eigenvalue weighted by molar-refractivity contribution is -0.142. The Labute approximate surface area is 124 Å². The van der Waals surface area contributed by atoms with Crippen LogP contribution in [0.4, 0.5) is 0 Å². The molecule has 2 N–H and O–H groups in total. The summed E-state index contributed by atoms with van der Waals surface area (Å²) in [5.74, 6) is -1.39. The van der Waals surface area contributed by atoms with Crippen LogP contribution in [0.25, 0.3) is 11.1 Å². The fourth-order valence-electron chi connectivity index (χ4n) is 2.33. The van der Waals surface area contributed by atoms with Gasteiger partial charge in [0, 0.05) is 0 Å². The van der Waals surface area contributed by atoms with Gasteiger partial charge in [0.05, 0.1) is 12.0 Å². The van der Waals surface area contributed by atoms with Crippen LogP contribution in [0.3, 0.4) is 0 Å². The van der Waals surface area contributed by atoms with E-state index < -0.39 is 18.0 Å². The topological polar surface area (TPSA) is 57.5 Å². The van der Waals surface area contributed by atoms with Gasteiger partial charge in [-0.15, -0.1) is 0 Å². The Morgan fingerprint density at radius 3 is 2.14 bits per heavy atom. The molecule has 0 aliphatic rings. The molecule has 0 saturated heterocycles.